The molecule has 1 aromatic heterocycles. The van der Waals surface area contributed by atoms with Gasteiger partial charge in [0.05, 0.1) is 12.8 Å². The Balaban J connectivity index is 2.23. The zero-order valence-corrected chi connectivity index (χ0v) is 12.9. The minimum Gasteiger partial charge on any atom is -0.497 e. The van der Waals surface area contributed by atoms with Crippen molar-refractivity contribution in [3.63, 3.8) is 0 Å². The third kappa shape index (κ3) is 3.28. The minimum atomic E-state index is -0.0469. The lowest BCUT2D eigenvalue weighted by atomic mass is 10.2. The average molecular weight is 309 g/mol. The van der Waals surface area contributed by atoms with Crippen LogP contribution in [0, 0.1) is 12.3 Å². The van der Waals surface area contributed by atoms with E-state index in [0.717, 1.165) is 11.3 Å². The highest BCUT2D eigenvalue weighted by Crippen LogP contribution is 2.25. The summed E-state index contributed by atoms with van der Waals surface area (Å²) in [5.74, 6) is 1.08. The van der Waals surface area contributed by atoms with Crippen LogP contribution in [-0.2, 0) is 13.7 Å². The van der Waals surface area contributed by atoms with Crippen molar-refractivity contribution < 1.29 is 9.47 Å². The predicted molar refractivity (Wildman–Crippen MR) is 81.3 cm³/mol. The van der Waals surface area contributed by atoms with Crippen molar-refractivity contribution in [3.05, 3.63) is 40.2 Å². The van der Waals surface area contributed by atoms with E-state index in [1.165, 1.54) is 0 Å². The zero-order chi connectivity index (χ0) is 15.6. The Hall–Kier alpha value is -2.21. The molecule has 6 nitrogen and oxygen atoms in total. The number of halogens is 1. The molecule has 7 heteroatoms. The number of rotatable bonds is 5. The highest BCUT2D eigenvalue weighted by Gasteiger charge is 2.12. The van der Waals surface area contributed by atoms with Gasteiger partial charge in [-0.05, 0) is 19.1 Å². The van der Waals surface area contributed by atoms with Crippen molar-refractivity contribution in [2.24, 2.45) is 12.8 Å². The molecule has 0 saturated carbocycles. The molecule has 0 aliphatic heterocycles. The van der Waals surface area contributed by atoms with E-state index in [0.29, 0.717) is 22.2 Å². The summed E-state index contributed by atoms with van der Waals surface area (Å²) in [5.41, 5.74) is 7.69. The van der Waals surface area contributed by atoms with Gasteiger partial charge in [-0.15, -0.1) is 0 Å². The number of nitrogens with one attached hydrogen (secondary N) is 1. The normalized spacial score (nSPS) is 10.5. The van der Waals surface area contributed by atoms with Crippen molar-refractivity contribution >= 4 is 17.4 Å². The Kier molecular flexibility index (Phi) is 4.37. The molecule has 0 fully saturated rings. The summed E-state index contributed by atoms with van der Waals surface area (Å²) >= 11 is 6.16. The molecule has 112 valence electrons. The lowest BCUT2D eigenvalue weighted by molar-refractivity contribution is 0.303. The molecule has 0 saturated heterocycles. The number of methoxy groups -OCH3 is 1. The monoisotopic (exact) mass is 308 g/mol. The molecular formula is C14H17ClN4O2. The first-order chi connectivity index (χ1) is 9.92. The fourth-order valence-electron chi connectivity index (χ4n) is 1.92. The minimum absolute atomic E-state index is 0.0469. The van der Waals surface area contributed by atoms with Crippen molar-refractivity contribution in [1.82, 2.24) is 9.78 Å². The lowest BCUT2D eigenvalue weighted by Gasteiger charge is -2.10. The van der Waals surface area contributed by atoms with E-state index in [9.17, 15) is 0 Å². The van der Waals surface area contributed by atoms with Crippen LogP contribution < -0.4 is 15.2 Å². The molecule has 1 heterocycles. The topological polar surface area (TPSA) is 86.2 Å². The Bertz CT molecular complexity index is 682. The largest absolute Gasteiger partial charge is 0.497 e. The SMILES string of the molecule is COc1cc(OCc2c(C)nn(C)c2Cl)cc(C(=N)N)c1. The molecular weight excluding hydrogens is 292 g/mol. The van der Waals surface area contributed by atoms with E-state index in [1.807, 2.05) is 6.92 Å². The average Bonchev–Trinajstić information content (AvgIpc) is 2.69. The number of aromatic nitrogens is 2. The summed E-state index contributed by atoms with van der Waals surface area (Å²) in [6.45, 7) is 2.15. The molecule has 0 radical (unpaired) electrons. The second-order valence-corrected chi connectivity index (χ2v) is 4.94. The fraction of sp³-hybridized carbons (Fsp3) is 0.286. The first-order valence-electron chi connectivity index (χ1n) is 6.26. The van der Waals surface area contributed by atoms with Crippen molar-refractivity contribution in [2.75, 3.05) is 7.11 Å². The maximum absolute atomic E-state index is 7.50. The van der Waals surface area contributed by atoms with Gasteiger partial charge in [-0.25, -0.2) is 0 Å². The fourth-order valence-corrected chi connectivity index (χ4v) is 2.15. The van der Waals surface area contributed by atoms with Gasteiger partial charge in [-0.3, -0.25) is 10.1 Å². The molecule has 0 aliphatic rings. The van der Waals surface area contributed by atoms with Crippen molar-refractivity contribution in [1.29, 1.82) is 5.41 Å². The Morgan fingerprint density at radius 3 is 2.57 bits per heavy atom. The predicted octanol–water partition coefficient (Wildman–Crippen LogP) is 2.25. The summed E-state index contributed by atoms with van der Waals surface area (Å²) in [4.78, 5) is 0. The second-order valence-electron chi connectivity index (χ2n) is 4.58. The Labute approximate surface area is 127 Å². The van der Waals surface area contributed by atoms with E-state index in [-0.39, 0.29) is 12.4 Å². The molecule has 0 unspecified atom stereocenters. The molecule has 0 bridgehead atoms. The first-order valence-corrected chi connectivity index (χ1v) is 6.64. The van der Waals surface area contributed by atoms with Crippen LogP contribution in [0.1, 0.15) is 16.8 Å². The van der Waals surface area contributed by atoms with Crippen LogP contribution >= 0.6 is 11.6 Å². The third-order valence-electron chi connectivity index (χ3n) is 3.08. The van der Waals surface area contributed by atoms with Crippen molar-refractivity contribution in [3.8, 4) is 11.5 Å². The maximum Gasteiger partial charge on any atom is 0.133 e. The smallest absolute Gasteiger partial charge is 0.133 e. The van der Waals surface area contributed by atoms with Crippen LogP contribution in [0.2, 0.25) is 5.15 Å². The van der Waals surface area contributed by atoms with Gasteiger partial charge in [0, 0.05) is 24.2 Å². The molecule has 0 aliphatic carbocycles. The molecule has 1 aromatic carbocycles. The maximum atomic E-state index is 7.50. The third-order valence-corrected chi connectivity index (χ3v) is 3.55. The van der Waals surface area contributed by atoms with Crippen LogP contribution in [0.5, 0.6) is 11.5 Å². The summed E-state index contributed by atoms with van der Waals surface area (Å²) < 4.78 is 12.5. The van der Waals surface area contributed by atoms with E-state index in [4.69, 9.17) is 32.2 Å². The number of aryl methyl sites for hydroxylation is 2. The van der Waals surface area contributed by atoms with Crippen LogP contribution in [0.25, 0.3) is 0 Å². The van der Waals surface area contributed by atoms with Gasteiger partial charge in [-0.2, -0.15) is 5.10 Å². The standard InChI is InChI=1S/C14H17ClN4O2/c1-8-12(13(15)19(2)18-8)7-21-11-5-9(14(16)17)4-10(6-11)20-3/h4-6H,7H2,1-3H3,(H3,16,17). The summed E-state index contributed by atoms with van der Waals surface area (Å²) in [6, 6.07) is 5.09. The van der Waals surface area contributed by atoms with E-state index >= 15 is 0 Å². The number of benzene rings is 1. The Morgan fingerprint density at radius 2 is 2.05 bits per heavy atom. The molecule has 0 spiro atoms. The van der Waals surface area contributed by atoms with Crippen molar-refractivity contribution in [2.45, 2.75) is 13.5 Å². The molecule has 2 rings (SSSR count). The molecule has 2 aromatic rings. The van der Waals surface area contributed by atoms with Crippen LogP contribution in [0.3, 0.4) is 0 Å². The number of nitrogens with two attached hydrogens (primary N) is 1. The number of nitrogen functional groups attached to an aromatic ring is 1. The van der Waals surface area contributed by atoms with E-state index in [2.05, 4.69) is 5.10 Å². The number of ether oxygens (including phenoxy) is 2. The molecule has 21 heavy (non-hydrogen) atoms. The van der Waals surface area contributed by atoms with Gasteiger partial charge in [0.1, 0.15) is 29.1 Å². The second kappa shape index (κ2) is 6.05. The molecule has 3 N–H and O–H groups in total. The zero-order valence-electron chi connectivity index (χ0n) is 12.1. The van der Waals surface area contributed by atoms with Gasteiger partial charge in [0.2, 0.25) is 0 Å². The molecule has 0 amide bonds. The number of hydrogen-bond donors (Lipinski definition) is 2. The van der Waals surface area contributed by atoms with Crippen LogP contribution in [0.4, 0.5) is 0 Å². The quantitative estimate of drug-likeness (QED) is 0.655. The van der Waals surface area contributed by atoms with Crippen LogP contribution in [-0.4, -0.2) is 22.7 Å². The number of nitrogens with zero attached hydrogens (tertiary/aromatic N) is 2. The van der Waals surface area contributed by atoms with Gasteiger partial charge >= 0.3 is 0 Å². The van der Waals surface area contributed by atoms with Gasteiger partial charge in [0.25, 0.3) is 0 Å². The highest BCUT2D eigenvalue weighted by atomic mass is 35.5. The van der Waals surface area contributed by atoms with Gasteiger partial charge in [-0.1, -0.05) is 11.6 Å². The van der Waals surface area contributed by atoms with E-state index < -0.39 is 0 Å². The van der Waals surface area contributed by atoms with E-state index in [1.54, 1.807) is 37.0 Å². The number of hydrogen-bond acceptors (Lipinski definition) is 4. The summed E-state index contributed by atoms with van der Waals surface area (Å²) in [6.07, 6.45) is 0. The highest BCUT2D eigenvalue weighted by molar-refractivity contribution is 6.30. The summed E-state index contributed by atoms with van der Waals surface area (Å²) in [7, 11) is 3.32. The molecule has 0 atom stereocenters. The van der Waals surface area contributed by atoms with Gasteiger partial charge < -0.3 is 15.2 Å². The Morgan fingerprint density at radius 1 is 1.38 bits per heavy atom. The first kappa shape index (κ1) is 15.2. The lowest BCUT2D eigenvalue weighted by Crippen LogP contribution is -2.11. The summed E-state index contributed by atoms with van der Waals surface area (Å²) in [5, 5.41) is 12.3. The number of amidine groups is 1. The van der Waals surface area contributed by atoms with Crippen LogP contribution in [0.15, 0.2) is 18.2 Å². The van der Waals surface area contributed by atoms with Gasteiger partial charge in [0.15, 0.2) is 0 Å².